The van der Waals surface area contributed by atoms with Crippen LogP contribution in [-0.2, 0) is 0 Å². The quantitative estimate of drug-likeness (QED) is 0.597. The molecule has 0 saturated heterocycles. The summed E-state index contributed by atoms with van der Waals surface area (Å²) in [6.07, 6.45) is 1.62. The Morgan fingerprint density at radius 2 is 1.81 bits per heavy atom. The van der Waals surface area contributed by atoms with Crippen molar-refractivity contribution in [1.82, 2.24) is 4.98 Å². The molecule has 0 bridgehead atoms. The Bertz CT molecular complexity index is 925. The Labute approximate surface area is 163 Å². The van der Waals surface area contributed by atoms with Crippen molar-refractivity contribution < 1.29 is 9.53 Å². The zero-order chi connectivity index (χ0) is 19.2. The molecule has 3 rings (SSSR count). The van der Waals surface area contributed by atoms with Gasteiger partial charge in [-0.3, -0.25) is 4.79 Å². The minimum absolute atomic E-state index is 0.273. The van der Waals surface area contributed by atoms with Gasteiger partial charge in [-0.25, -0.2) is 4.98 Å². The summed E-state index contributed by atoms with van der Waals surface area (Å²) < 4.78 is 5.39. The monoisotopic (exact) mass is 381 g/mol. The van der Waals surface area contributed by atoms with Crippen molar-refractivity contribution in [2.45, 2.75) is 13.8 Å². The molecule has 3 aromatic rings. The van der Waals surface area contributed by atoms with Gasteiger partial charge in [0.05, 0.1) is 18.5 Å². The number of carbonyl (C=O) groups is 1. The molecule has 0 radical (unpaired) electrons. The molecule has 0 unspecified atom stereocenters. The third-order valence-corrected chi connectivity index (χ3v) is 4.13. The third kappa shape index (κ3) is 4.99. The SMILES string of the molecule is CCOc1ccc(NC(=O)c2ccc(Nc3cc(Cl)ccc3C)cn2)cc1. The van der Waals surface area contributed by atoms with Crippen LogP contribution >= 0.6 is 11.6 Å². The summed E-state index contributed by atoms with van der Waals surface area (Å²) in [7, 11) is 0. The number of anilines is 3. The van der Waals surface area contributed by atoms with Gasteiger partial charge in [-0.2, -0.15) is 0 Å². The molecule has 5 nitrogen and oxygen atoms in total. The van der Waals surface area contributed by atoms with Crippen LogP contribution < -0.4 is 15.4 Å². The smallest absolute Gasteiger partial charge is 0.274 e. The second kappa shape index (κ2) is 8.56. The van der Waals surface area contributed by atoms with Gasteiger partial charge in [-0.1, -0.05) is 17.7 Å². The minimum Gasteiger partial charge on any atom is -0.494 e. The number of aryl methyl sites for hydroxylation is 1. The van der Waals surface area contributed by atoms with Crippen LogP contribution in [0.4, 0.5) is 17.1 Å². The fraction of sp³-hybridized carbons (Fsp3) is 0.143. The van der Waals surface area contributed by atoms with E-state index in [9.17, 15) is 4.79 Å². The summed E-state index contributed by atoms with van der Waals surface area (Å²) in [4.78, 5) is 16.6. The highest BCUT2D eigenvalue weighted by atomic mass is 35.5. The molecule has 0 aliphatic carbocycles. The Hall–Kier alpha value is -3.05. The molecule has 1 amide bonds. The van der Waals surface area contributed by atoms with Gasteiger partial charge in [0.1, 0.15) is 11.4 Å². The molecule has 6 heteroatoms. The molecule has 0 aliphatic rings. The largest absolute Gasteiger partial charge is 0.494 e. The molecular weight excluding hydrogens is 362 g/mol. The molecule has 2 N–H and O–H groups in total. The Kier molecular flexibility index (Phi) is 5.94. The van der Waals surface area contributed by atoms with E-state index < -0.39 is 0 Å². The maximum atomic E-state index is 12.4. The summed E-state index contributed by atoms with van der Waals surface area (Å²) in [5.74, 6) is 0.491. The highest BCUT2D eigenvalue weighted by molar-refractivity contribution is 6.30. The van der Waals surface area contributed by atoms with Gasteiger partial charge < -0.3 is 15.4 Å². The number of halogens is 1. The van der Waals surface area contributed by atoms with Crippen LogP contribution in [0.3, 0.4) is 0 Å². The fourth-order valence-corrected chi connectivity index (χ4v) is 2.65. The molecule has 0 saturated carbocycles. The van der Waals surface area contributed by atoms with E-state index in [0.29, 0.717) is 23.0 Å². The van der Waals surface area contributed by atoms with Crippen LogP contribution in [0.2, 0.25) is 5.02 Å². The lowest BCUT2D eigenvalue weighted by Gasteiger charge is -2.10. The van der Waals surface area contributed by atoms with E-state index >= 15 is 0 Å². The molecular formula is C21H20ClN3O2. The average molecular weight is 382 g/mol. The Morgan fingerprint density at radius 1 is 1.07 bits per heavy atom. The van der Waals surface area contributed by atoms with Crippen LogP contribution in [0.25, 0.3) is 0 Å². The zero-order valence-electron chi connectivity index (χ0n) is 15.1. The van der Waals surface area contributed by atoms with E-state index in [4.69, 9.17) is 16.3 Å². The minimum atomic E-state index is -0.273. The summed E-state index contributed by atoms with van der Waals surface area (Å²) >= 11 is 6.04. The highest BCUT2D eigenvalue weighted by Gasteiger charge is 2.08. The lowest BCUT2D eigenvalue weighted by Crippen LogP contribution is -2.13. The number of ether oxygens (including phenoxy) is 1. The lowest BCUT2D eigenvalue weighted by atomic mass is 10.2. The molecule has 138 valence electrons. The first kappa shape index (κ1) is 18.7. The van der Waals surface area contributed by atoms with E-state index in [0.717, 1.165) is 22.7 Å². The zero-order valence-corrected chi connectivity index (χ0v) is 15.9. The predicted molar refractivity (Wildman–Crippen MR) is 109 cm³/mol. The number of carbonyl (C=O) groups excluding carboxylic acids is 1. The van der Waals surface area contributed by atoms with E-state index in [-0.39, 0.29) is 5.91 Å². The van der Waals surface area contributed by atoms with Crippen molar-refractivity contribution in [3.05, 3.63) is 77.1 Å². The molecule has 1 aromatic heterocycles. The number of amides is 1. The van der Waals surface area contributed by atoms with Crippen molar-refractivity contribution in [3.8, 4) is 5.75 Å². The molecule has 0 fully saturated rings. The number of pyridine rings is 1. The number of benzene rings is 2. The normalized spacial score (nSPS) is 10.3. The second-order valence-electron chi connectivity index (χ2n) is 5.93. The number of aromatic nitrogens is 1. The summed E-state index contributed by atoms with van der Waals surface area (Å²) in [6, 6.07) is 16.3. The van der Waals surface area contributed by atoms with Gasteiger partial charge in [0.2, 0.25) is 0 Å². The van der Waals surface area contributed by atoms with Crippen molar-refractivity contribution in [3.63, 3.8) is 0 Å². The van der Waals surface area contributed by atoms with Crippen molar-refractivity contribution in [2.75, 3.05) is 17.2 Å². The number of nitrogens with zero attached hydrogens (tertiary/aromatic N) is 1. The van der Waals surface area contributed by atoms with Crippen LogP contribution in [0.15, 0.2) is 60.8 Å². The average Bonchev–Trinajstić information content (AvgIpc) is 2.67. The molecule has 0 spiro atoms. The maximum absolute atomic E-state index is 12.4. The summed E-state index contributed by atoms with van der Waals surface area (Å²) in [5, 5.41) is 6.73. The van der Waals surface area contributed by atoms with Crippen LogP contribution in [0.1, 0.15) is 23.0 Å². The van der Waals surface area contributed by atoms with Crippen LogP contribution in [0.5, 0.6) is 5.75 Å². The van der Waals surface area contributed by atoms with Gasteiger partial charge in [-0.05, 0) is 67.9 Å². The summed E-state index contributed by atoms with van der Waals surface area (Å²) in [6.45, 7) is 4.52. The van der Waals surface area contributed by atoms with E-state index in [1.807, 2.05) is 44.2 Å². The van der Waals surface area contributed by atoms with E-state index in [2.05, 4.69) is 15.6 Å². The summed E-state index contributed by atoms with van der Waals surface area (Å²) in [5.41, 5.74) is 3.75. The van der Waals surface area contributed by atoms with Crippen molar-refractivity contribution >= 4 is 34.6 Å². The van der Waals surface area contributed by atoms with Gasteiger partial charge in [0.25, 0.3) is 5.91 Å². The highest BCUT2D eigenvalue weighted by Crippen LogP contribution is 2.24. The standard InChI is InChI=1S/C21H20ClN3O2/c1-3-27-18-9-6-16(7-10-18)25-21(26)19-11-8-17(13-23-19)24-20-12-15(22)5-4-14(20)2/h4-13,24H,3H2,1-2H3,(H,25,26). The number of hydrogen-bond acceptors (Lipinski definition) is 4. The van der Waals surface area contributed by atoms with Crippen molar-refractivity contribution in [2.24, 2.45) is 0 Å². The number of nitrogens with one attached hydrogen (secondary N) is 2. The number of rotatable bonds is 6. The molecule has 2 aromatic carbocycles. The predicted octanol–water partition coefficient (Wildman–Crippen LogP) is 5.44. The van der Waals surface area contributed by atoms with Gasteiger partial charge in [-0.15, -0.1) is 0 Å². The Morgan fingerprint density at radius 3 is 2.48 bits per heavy atom. The van der Waals surface area contributed by atoms with E-state index in [1.165, 1.54) is 0 Å². The van der Waals surface area contributed by atoms with Crippen molar-refractivity contribution in [1.29, 1.82) is 0 Å². The maximum Gasteiger partial charge on any atom is 0.274 e. The van der Waals surface area contributed by atoms with Gasteiger partial charge in [0, 0.05) is 16.4 Å². The molecule has 0 aliphatic heterocycles. The van der Waals surface area contributed by atoms with Gasteiger partial charge >= 0.3 is 0 Å². The van der Waals surface area contributed by atoms with Crippen LogP contribution in [-0.4, -0.2) is 17.5 Å². The van der Waals surface area contributed by atoms with Gasteiger partial charge in [0.15, 0.2) is 0 Å². The molecule has 1 heterocycles. The molecule has 27 heavy (non-hydrogen) atoms. The first-order valence-electron chi connectivity index (χ1n) is 8.58. The second-order valence-corrected chi connectivity index (χ2v) is 6.36. The van der Waals surface area contributed by atoms with Crippen LogP contribution in [0, 0.1) is 6.92 Å². The number of hydrogen-bond donors (Lipinski definition) is 2. The third-order valence-electron chi connectivity index (χ3n) is 3.90. The first-order valence-corrected chi connectivity index (χ1v) is 8.96. The lowest BCUT2D eigenvalue weighted by molar-refractivity contribution is 0.102. The van der Waals surface area contributed by atoms with E-state index in [1.54, 1.807) is 30.5 Å². The topological polar surface area (TPSA) is 63.2 Å². The first-order chi connectivity index (χ1) is 13.0. The Balaban J connectivity index is 1.65. The molecule has 0 atom stereocenters. The fourth-order valence-electron chi connectivity index (χ4n) is 2.48.